The minimum atomic E-state index is -0.153. The quantitative estimate of drug-likeness (QED) is 0.651. The van der Waals surface area contributed by atoms with E-state index in [4.69, 9.17) is 0 Å². The fourth-order valence-corrected chi connectivity index (χ4v) is 2.02. The Labute approximate surface area is 128 Å². The summed E-state index contributed by atoms with van der Waals surface area (Å²) in [4.78, 5) is 9.17. The second-order valence-electron chi connectivity index (χ2n) is 6.09. The molecule has 0 aliphatic rings. The van der Waals surface area contributed by atoms with Crippen LogP contribution in [-0.2, 0) is 0 Å². The highest BCUT2D eigenvalue weighted by Gasteiger charge is 2.22. The lowest BCUT2D eigenvalue weighted by molar-refractivity contribution is 0.252. The maximum atomic E-state index is 9.24. The Bertz CT molecular complexity index is 436. The molecule has 1 heterocycles. The molecular weight excluding hydrogens is 264 g/mol. The molecular formula is C16H30N4O. The largest absolute Gasteiger partial charge is 0.396 e. The number of rotatable bonds is 9. The lowest BCUT2D eigenvalue weighted by Crippen LogP contribution is -2.35. The average molecular weight is 294 g/mol. The number of hydrogen-bond donors (Lipinski definition) is 3. The molecule has 1 unspecified atom stereocenters. The van der Waals surface area contributed by atoms with Crippen LogP contribution < -0.4 is 10.6 Å². The van der Waals surface area contributed by atoms with Crippen molar-refractivity contribution < 1.29 is 5.11 Å². The van der Waals surface area contributed by atoms with E-state index in [-0.39, 0.29) is 18.1 Å². The third-order valence-corrected chi connectivity index (χ3v) is 3.69. The van der Waals surface area contributed by atoms with Crippen molar-refractivity contribution in [1.82, 2.24) is 9.97 Å². The second kappa shape index (κ2) is 8.17. The van der Waals surface area contributed by atoms with Gasteiger partial charge in [-0.2, -0.15) is 0 Å². The highest BCUT2D eigenvalue weighted by Crippen LogP contribution is 2.23. The van der Waals surface area contributed by atoms with E-state index in [0.717, 1.165) is 36.8 Å². The van der Waals surface area contributed by atoms with Crippen molar-refractivity contribution in [2.45, 2.75) is 65.3 Å². The van der Waals surface area contributed by atoms with E-state index in [1.165, 1.54) is 0 Å². The van der Waals surface area contributed by atoms with E-state index in [0.29, 0.717) is 6.42 Å². The van der Waals surface area contributed by atoms with Crippen LogP contribution in [0.3, 0.4) is 0 Å². The number of anilines is 2. The van der Waals surface area contributed by atoms with Gasteiger partial charge < -0.3 is 15.7 Å². The van der Waals surface area contributed by atoms with Crippen LogP contribution in [0.1, 0.15) is 65.6 Å². The van der Waals surface area contributed by atoms with Crippen LogP contribution in [-0.4, -0.2) is 33.8 Å². The summed E-state index contributed by atoms with van der Waals surface area (Å²) < 4.78 is 0. The van der Waals surface area contributed by atoms with Gasteiger partial charge in [0.1, 0.15) is 17.5 Å². The zero-order valence-electron chi connectivity index (χ0n) is 14.0. The molecule has 0 bridgehead atoms. The van der Waals surface area contributed by atoms with E-state index >= 15 is 0 Å². The number of hydrogen-bond acceptors (Lipinski definition) is 5. The van der Waals surface area contributed by atoms with Gasteiger partial charge in [-0.3, -0.25) is 0 Å². The Morgan fingerprint density at radius 1 is 1.24 bits per heavy atom. The highest BCUT2D eigenvalue weighted by atomic mass is 16.3. The molecule has 1 atom stereocenters. The van der Waals surface area contributed by atoms with Crippen molar-refractivity contribution in [1.29, 1.82) is 0 Å². The van der Waals surface area contributed by atoms with Gasteiger partial charge in [-0.25, -0.2) is 9.97 Å². The monoisotopic (exact) mass is 294 g/mol. The number of aliphatic hydroxyl groups is 1. The van der Waals surface area contributed by atoms with E-state index in [1.807, 2.05) is 6.07 Å². The standard InChI is InChI=1S/C16H30N4O/c1-6-9-17-13-11-14(19-15(18-13)12(3)4)20-16(5,7-2)8-10-21/h11-12,21H,6-10H2,1-5H3,(H2,17,18,19,20). The smallest absolute Gasteiger partial charge is 0.135 e. The molecule has 0 saturated heterocycles. The molecule has 0 aromatic carbocycles. The van der Waals surface area contributed by atoms with Gasteiger partial charge in [0.2, 0.25) is 0 Å². The van der Waals surface area contributed by atoms with Gasteiger partial charge in [0.05, 0.1) is 0 Å². The van der Waals surface area contributed by atoms with Gasteiger partial charge in [-0.1, -0.05) is 27.7 Å². The Kier molecular flexibility index (Phi) is 6.89. The van der Waals surface area contributed by atoms with Crippen molar-refractivity contribution in [2.24, 2.45) is 0 Å². The molecule has 5 heteroatoms. The molecule has 0 amide bonds. The Morgan fingerprint density at radius 3 is 2.43 bits per heavy atom. The molecule has 5 nitrogen and oxygen atoms in total. The summed E-state index contributed by atoms with van der Waals surface area (Å²) in [7, 11) is 0. The zero-order chi connectivity index (χ0) is 15.9. The van der Waals surface area contributed by atoms with Crippen LogP contribution in [0, 0.1) is 0 Å². The minimum Gasteiger partial charge on any atom is -0.396 e. The van der Waals surface area contributed by atoms with Crippen LogP contribution >= 0.6 is 0 Å². The van der Waals surface area contributed by atoms with Crippen LogP contribution in [0.2, 0.25) is 0 Å². The number of aromatic nitrogens is 2. The van der Waals surface area contributed by atoms with Gasteiger partial charge >= 0.3 is 0 Å². The Balaban J connectivity index is 3.01. The van der Waals surface area contributed by atoms with Gasteiger partial charge in [0.25, 0.3) is 0 Å². The highest BCUT2D eigenvalue weighted by molar-refractivity contribution is 5.49. The summed E-state index contributed by atoms with van der Waals surface area (Å²) in [5.74, 6) is 2.80. The van der Waals surface area contributed by atoms with Crippen molar-refractivity contribution in [3.63, 3.8) is 0 Å². The molecule has 1 rings (SSSR count). The number of nitrogens with zero attached hydrogens (tertiary/aromatic N) is 2. The first-order valence-corrected chi connectivity index (χ1v) is 7.96. The maximum absolute atomic E-state index is 9.24. The second-order valence-corrected chi connectivity index (χ2v) is 6.09. The van der Waals surface area contributed by atoms with Gasteiger partial charge in [-0.15, -0.1) is 0 Å². The topological polar surface area (TPSA) is 70.1 Å². The molecule has 0 fully saturated rings. The summed E-state index contributed by atoms with van der Waals surface area (Å²) in [6.07, 6.45) is 2.68. The lowest BCUT2D eigenvalue weighted by atomic mass is 9.95. The molecule has 0 radical (unpaired) electrons. The van der Waals surface area contributed by atoms with Crippen molar-refractivity contribution in [3.8, 4) is 0 Å². The molecule has 0 saturated carbocycles. The molecule has 120 valence electrons. The maximum Gasteiger partial charge on any atom is 0.135 e. The van der Waals surface area contributed by atoms with E-state index in [1.54, 1.807) is 0 Å². The number of nitrogens with one attached hydrogen (secondary N) is 2. The van der Waals surface area contributed by atoms with Crippen molar-refractivity contribution in [3.05, 3.63) is 11.9 Å². The third kappa shape index (κ3) is 5.50. The first-order valence-electron chi connectivity index (χ1n) is 7.96. The average Bonchev–Trinajstić information content (AvgIpc) is 2.45. The van der Waals surface area contributed by atoms with Crippen LogP contribution in [0.25, 0.3) is 0 Å². The van der Waals surface area contributed by atoms with Gasteiger partial charge in [0.15, 0.2) is 0 Å². The van der Waals surface area contributed by atoms with Gasteiger partial charge in [0, 0.05) is 30.7 Å². The van der Waals surface area contributed by atoms with Gasteiger partial charge in [-0.05, 0) is 26.2 Å². The third-order valence-electron chi connectivity index (χ3n) is 3.69. The summed E-state index contributed by atoms with van der Waals surface area (Å²) in [6, 6.07) is 1.95. The van der Waals surface area contributed by atoms with Crippen LogP contribution in [0.4, 0.5) is 11.6 Å². The van der Waals surface area contributed by atoms with Crippen LogP contribution in [0.15, 0.2) is 6.07 Å². The molecule has 3 N–H and O–H groups in total. The normalized spacial score (nSPS) is 14.0. The van der Waals surface area contributed by atoms with Crippen molar-refractivity contribution >= 4 is 11.6 Å². The summed E-state index contributed by atoms with van der Waals surface area (Å²) in [5, 5.41) is 16.0. The fourth-order valence-electron chi connectivity index (χ4n) is 2.02. The molecule has 1 aromatic rings. The Morgan fingerprint density at radius 2 is 1.90 bits per heavy atom. The molecule has 21 heavy (non-hydrogen) atoms. The first kappa shape index (κ1) is 17.7. The zero-order valence-corrected chi connectivity index (χ0v) is 14.0. The Hall–Kier alpha value is -1.36. The summed E-state index contributed by atoms with van der Waals surface area (Å²) in [6.45, 7) is 11.6. The van der Waals surface area contributed by atoms with E-state index in [2.05, 4.69) is 55.2 Å². The molecule has 0 spiro atoms. The molecule has 0 aliphatic heterocycles. The summed E-state index contributed by atoms with van der Waals surface area (Å²) in [5.41, 5.74) is -0.153. The molecule has 1 aromatic heterocycles. The SMILES string of the molecule is CCCNc1cc(NC(C)(CC)CCO)nc(C(C)C)n1. The fraction of sp³-hybridized carbons (Fsp3) is 0.750. The lowest BCUT2D eigenvalue weighted by Gasteiger charge is -2.30. The minimum absolute atomic E-state index is 0.153. The summed E-state index contributed by atoms with van der Waals surface area (Å²) >= 11 is 0. The molecule has 0 aliphatic carbocycles. The van der Waals surface area contributed by atoms with Crippen LogP contribution in [0.5, 0.6) is 0 Å². The predicted octanol–water partition coefficient (Wildman–Crippen LogP) is 3.38. The van der Waals surface area contributed by atoms with E-state index in [9.17, 15) is 5.11 Å². The predicted molar refractivity (Wildman–Crippen MR) is 88.9 cm³/mol. The number of aliphatic hydroxyl groups excluding tert-OH is 1. The van der Waals surface area contributed by atoms with E-state index < -0.39 is 0 Å². The van der Waals surface area contributed by atoms with Crippen molar-refractivity contribution in [2.75, 3.05) is 23.8 Å². The first-order chi connectivity index (χ1) is 9.94.